The maximum Gasteiger partial charge on any atom is 0.159 e. The van der Waals surface area contributed by atoms with Gasteiger partial charge in [-0.25, -0.2) is 4.98 Å². The number of Topliss-reactive ketones (excluding diaryl/α,β-unsaturated/α-hetero) is 1. The summed E-state index contributed by atoms with van der Waals surface area (Å²) in [4.78, 5) is 15.8. The quantitative estimate of drug-likeness (QED) is 0.443. The predicted octanol–water partition coefficient (Wildman–Crippen LogP) is 4.95. The van der Waals surface area contributed by atoms with Gasteiger partial charge in [0.15, 0.2) is 5.78 Å². The molecule has 0 aliphatic heterocycles. The third-order valence-corrected chi connectivity index (χ3v) is 4.63. The van der Waals surface area contributed by atoms with Crippen LogP contribution in [0.15, 0.2) is 48.5 Å². The van der Waals surface area contributed by atoms with Crippen LogP contribution in [0, 0.1) is 6.92 Å². The highest BCUT2D eigenvalue weighted by Crippen LogP contribution is 2.26. The number of carbonyl (C=O) groups is 1. The molecule has 1 atom stereocenters. The molecule has 0 aliphatic carbocycles. The largest absolute Gasteiger partial charge is 0.493 e. The summed E-state index contributed by atoms with van der Waals surface area (Å²) in [5.74, 6) is 2.10. The first kappa shape index (κ1) is 19.7. The summed E-state index contributed by atoms with van der Waals surface area (Å²) in [6.07, 6.45) is 1.73. The van der Waals surface area contributed by atoms with E-state index >= 15 is 0 Å². The number of ether oxygens (including phenoxy) is 2. The van der Waals surface area contributed by atoms with Crippen LogP contribution in [0.25, 0.3) is 10.9 Å². The summed E-state index contributed by atoms with van der Waals surface area (Å²) in [6, 6.07) is 15.1. The normalized spacial score (nSPS) is 12.0. The number of hydrogen-bond donors (Lipinski definition) is 1. The molecule has 2 N–H and O–H groups in total. The third kappa shape index (κ3) is 4.80. The zero-order chi connectivity index (χ0) is 20.1. The van der Waals surface area contributed by atoms with Crippen LogP contribution in [0.5, 0.6) is 11.5 Å². The van der Waals surface area contributed by atoms with Crippen LogP contribution in [-0.2, 0) is 0 Å². The first-order valence-electron chi connectivity index (χ1n) is 9.50. The highest BCUT2D eigenvalue weighted by Gasteiger charge is 2.10. The molecule has 0 saturated carbocycles. The van der Waals surface area contributed by atoms with E-state index in [1.165, 1.54) is 0 Å². The molecule has 0 saturated heterocycles. The first-order valence-corrected chi connectivity index (χ1v) is 9.50. The summed E-state index contributed by atoms with van der Waals surface area (Å²) in [5, 5.41) is 1.01. The number of aromatic nitrogens is 1. The molecule has 0 fully saturated rings. The van der Waals surface area contributed by atoms with Crippen molar-refractivity contribution in [3.05, 3.63) is 59.7 Å². The van der Waals surface area contributed by atoms with Gasteiger partial charge in [-0.3, -0.25) is 4.79 Å². The molecular weight excluding hydrogens is 352 g/mol. The number of fused-ring (bicyclic) bond motifs is 1. The molecule has 0 radical (unpaired) electrons. The Bertz CT molecular complexity index is 985. The van der Waals surface area contributed by atoms with Gasteiger partial charge in [0, 0.05) is 10.9 Å². The molecule has 3 aromatic rings. The lowest BCUT2D eigenvalue weighted by Gasteiger charge is -2.16. The van der Waals surface area contributed by atoms with Crippen LogP contribution >= 0.6 is 0 Å². The average Bonchev–Trinajstić information content (AvgIpc) is 2.66. The van der Waals surface area contributed by atoms with E-state index in [0.29, 0.717) is 18.0 Å². The molecule has 1 aromatic heterocycles. The summed E-state index contributed by atoms with van der Waals surface area (Å²) in [5.41, 5.74) is 8.27. The van der Waals surface area contributed by atoms with E-state index in [9.17, 15) is 4.79 Å². The van der Waals surface area contributed by atoms with Gasteiger partial charge in [0.25, 0.3) is 0 Å². The summed E-state index contributed by atoms with van der Waals surface area (Å²) < 4.78 is 12.0. The number of nitrogens with zero attached hydrogens (tertiary/aromatic N) is 1. The second kappa shape index (κ2) is 8.74. The Labute approximate surface area is 165 Å². The van der Waals surface area contributed by atoms with Gasteiger partial charge in [-0.15, -0.1) is 0 Å². The van der Waals surface area contributed by atoms with Gasteiger partial charge in [0.1, 0.15) is 22.8 Å². The zero-order valence-electron chi connectivity index (χ0n) is 16.6. The lowest BCUT2D eigenvalue weighted by molar-refractivity contribution is 0.101. The summed E-state index contributed by atoms with van der Waals surface area (Å²) >= 11 is 0. The molecule has 0 aliphatic rings. The summed E-state index contributed by atoms with van der Waals surface area (Å²) in [6.45, 7) is 6.15. The molecule has 0 amide bonds. The standard InChI is InChI=1S/C23H26N2O3/c1-15-14-19(17(3)26)9-11-20(15)27-13-5-6-16(2)28-21-8-4-7-18-10-12-22(24)25-23(18)21/h4,7-12,14,16H,5-6,13H2,1-3H3,(H2,24,25). The lowest BCUT2D eigenvalue weighted by Crippen LogP contribution is -2.14. The number of nitrogens with two attached hydrogens (primary N) is 1. The number of anilines is 1. The van der Waals surface area contributed by atoms with Gasteiger partial charge in [-0.1, -0.05) is 12.1 Å². The fraction of sp³-hybridized carbons (Fsp3) is 0.304. The van der Waals surface area contributed by atoms with Crippen LogP contribution in [0.2, 0.25) is 0 Å². The van der Waals surface area contributed by atoms with Gasteiger partial charge < -0.3 is 15.2 Å². The van der Waals surface area contributed by atoms with Crippen LogP contribution in [0.1, 0.15) is 42.6 Å². The maximum absolute atomic E-state index is 11.4. The van der Waals surface area contributed by atoms with Crippen molar-refractivity contribution in [2.24, 2.45) is 0 Å². The molecule has 28 heavy (non-hydrogen) atoms. The Morgan fingerprint density at radius 3 is 2.71 bits per heavy atom. The van der Waals surface area contributed by atoms with Crippen molar-refractivity contribution < 1.29 is 14.3 Å². The molecule has 5 nitrogen and oxygen atoms in total. The second-order valence-corrected chi connectivity index (χ2v) is 7.02. The minimum absolute atomic E-state index is 0.0265. The van der Waals surface area contributed by atoms with E-state index in [0.717, 1.165) is 40.8 Å². The van der Waals surface area contributed by atoms with Crippen LogP contribution in [0.4, 0.5) is 5.82 Å². The van der Waals surface area contributed by atoms with Gasteiger partial charge in [-0.05, 0) is 75.6 Å². The Morgan fingerprint density at radius 1 is 1.14 bits per heavy atom. The number of rotatable bonds is 8. The zero-order valence-corrected chi connectivity index (χ0v) is 16.6. The monoisotopic (exact) mass is 378 g/mol. The molecule has 1 heterocycles. The van der Waals surface area contributed by atoms with Crippen molar-refractivity contribution in [3.63, 3.8) is 0 Å². The molecule has 0 spiro atoms. The average molecular weight is 378 g/mol. The highest BCUT2D eigenvalue weighted by molar-refractivity contribution is 5.94. The van der Waals surface area contributed by atoms with Crippen LogP contribution in [-0.4, -0.2) is 23.5 Å². The van der Waals surface area contributed by atoms with Crippen LogP contribution < -0.4 is 15.2 Å². The van der Waals surface area contributed by atoms with Gasteiger partial charge in [0.2, 0.25) is 0 Å². The van der Waals surface area contributed by atoms with Crippen molar-refractivity contribution in [1.82, 2.24) is 4.98 Å². The van der Waals surface area contributed by atoms with E-state index in [1.807, 2.05) is 50.2 Å². The minimum atomic E-state index is 0.0265. The van der Waals surface area contributed by atoms with E-state index in [2.05, 4.69) is 4.98 Å². The number of ketones is 1. The minimum Gasteiger partial charge on any atom is -0.493 e. The van der Waals surface area contributed by atoms with Crippen molar-refractivity contribution >= 4 is 22.5 Å². The molecule has 1 unspecified atom stereocenters. The number of benzene rings is 2. The van der Waals surface area contributed by atoms with Gasteiger partial charge >= 0.3 is 0 Å². The molecular formula is C23H26N2O3. The molecule has 146 valence electrons. The SMILES string of the molecule is CC(=O)c1ccc(OCCCC(C)Oc2cccc3ccc(N)nc23)c(C)c1. The Hall–Kier alpha value is -3.08. The van der Waals surface area contributed by atoms with Crippen LogP contribution in [0.3, 0.4) is 0 Å². The molecule has 5 heteroatoms. The molecule has 2 aromatic carbocycles. The third-order valence-electron chi connectivity index (χ3n) is 4.63. The van der Waals surface area contributed by atoms with Gasteiger partial charge in [-0.2, -0.15) is 0 Å². The Morgan fingerprint density at radius 2 is 1.96 bits per heavy atom. The van der Waals surface area contributed by atoms with Crippen molar-refractivity contribution in [2.45, 2.75) is 39.7 Å². The van der Waals surface area contributed by atoms with E-state index < -0.39 is 0 Å². The summed E-state index contributed by atoms with van der Waals surface area (Å²) in [7, 11) is 0. The number of hydrogen-bond acceptors (Lipinski definition) is 5. The fourth-order valence-electron chi connectivity index (χ4n) is 3.09. The highest BCUT2D eigenvalue weighted by atomic mass is 16.5. The van der Waals surface area contributed by atoms with E-state index in [1.54, 1.807) is 19.1 Å². The number of para-hydroxylation sites is 1. The number of aryl methyl sites for hydroxylation is 1. The van der Waals surface area contributed by atoms with E-state index in [4.69, 9.17) is 15.2 Å². The Balaban J connectivity index is 1.52. The number of carbonyl (C=O) groups excluding carboxylic acids is 1. The fourth-order valence-corrected chi connectivity index (χ4v) is 3.09. The molecule has 3 rings (SSSR count). The van der Waals surface area contributed by atoms with Crippen molar-refractivity contribution in [3.8, 4) is 11.5 Å². The first-order chi connectivity index (χ1) is 13.4. The predicted molar refractivity (Wildman–Crippen MR) is 112 cm³/mol. The number of pyridine rings is 1. The Kier molecular flexibility index (Phi) is 6.14. The van der Waals surface area contributed by atoms with Crippen molar-refractivity contribution in [1.29, 1.82) is 0 Å². The smallest absolute Gasteiger partial charge is 0.159 e. The topological polar surface area (TPSA) is 74.4 Å². The molecule has 0 bridgehead atoms. The lowest BCUT2D eigenvalue weighted by atomic mass is 10.1. The van der Waals surface area contributed by atoms with E-state index in [-0.39, 0.29) is 11.9 Å². The number of nitrogen functional groups attached to an aromatic ring is 1. The second-order valence-electron chi connectivity index (χ2n) is 7.02. The van der Waals surface area contributed by atoms with Gasteiger partial charge in [0.05, 0.1) is 12.7 Å². The maximum atomic E-state index is 11.4. The van der Waals surface area contributed by atoms with Crippen molar-refractivity contribution in [2.75, 3.05) is 12.3 Å².